The maximum absolute atomic E-state index is 9.97. The Hall–Kier alpha value is -1.51. The van der Waals surface area contributed by atoms with E-state index < -0.39 is 26.4 Å². The topological polar surface area (TPSA) is 129 Å². The molecule has 0 aromatic carbocycles. The van der Waals surface area contributed by atoms with Crippen molar-refractivity contribution < 1.29 is 14.8 Å². The quantitative estimate of drug-likeness (QED) is 0.265. The van der Waals surface area contributed by atoms with Crippen molar-refractivity contribution in [3.63, 3.8) is 0 Å². The number of rotatable bonds is 4. The summed E-state index contributed by atoms with van der Waals surface area (Å²) in [6.07, 6.45) is 0. The molecule has 0 saturated carbocycles. The Labute approximate surface area is 69.4 Å². The molecule has 0 aliphatic heterocycles. The fraction of sp³-hybridized carbons (Fsp3) is 1.00. The molecule has 0 spiro atoms. The summed E-state index contributed by atoms with van der Waals surface area (Å²) < 4.78 is 0. The van der Waals surface area contributed by atoms with Crippen LogP contribution in [0.1, 0.15) is 0 Å². The zero-order valence-electron chi connectivity index (χ0n) is 5.38. The van der Waals surface area contributed by atoms with Crippen LogP contribution in [0.4, 0.5) is 0 Å². The van der Waals surface area contributed by atoms with E-state index in [1.54, 1.807) is 0 Å². The first-order valence-electron chi connectivity index (χ1n) is 2.39. The fourth-order valence-corrected chi connectivity index (χ4v) is 0.639. The minimum absolute atomic E-state index is 1.32. The maximum atomic E-state index is 9.97. The second-order valence-corrected chi connectivity index (χ2v) is 1.95. The number of hydrogen-bond donors (Lipinski definition) is 0. The molecule has 0 unspecified atom stereocenters. The summed E-state index contributed by atoms with van der Waals surface area (Å²) in [6.45, 7) is 0. The summed E-state index contributed by atoms with van der Waals surface area (Å²) in [6, 6.07) is 0. The lowest BCUT2D eigenvalue weighted by Crippen LogP contribution is -2.54. The fourth-order valence-electron chi connectivity index (χ4n) is 0.346. The van der Waals surface area contributed by atoms with Gasteiger partial charge in [0, 0.05) is 0 Å². The van der Waals surface area contributed by atoms with E-state index in [4.69, 9.17) is 11.6 Å². The van der Waals surface area contributed by atoms with Crippen LogP contribution in [0.3, 0.4) is 0 Å². The monoisotopic (exact) mass is 199 g/mol. The smallest absolute Gasteiger partial charge is 0.253 e. The van der Waals surface area contributed by atoms with Crippen molar-refractivity contribution in [1.29, 1.82) is 0 Å². The molecule has 68 valence electrons. The van der Waals surface area contributed by atoms with Gasteiger partial charge in [0.15, 0.2) is 14.8 Å². The lowest BCUT2D eigenvalue weighted by Gasteiger charge is -2.04. The third kappa shape index (κ3) is 1.25. The number of halogens is 1. The third-order valence-electron chi connectivity index (χ3n) is 1.06. The van der Waals surface area contributed by atoms with Crippen molar-refractivity contribution in [3.05, 3.63) is 30.3 Å². The number of nitro groups is 3. The van der Waals surface area contributed by atoms with E-state index in [0.717, 1.165) is 0 Å². The second kappa shape index (κ2) is 3.26. The van der Waals surface area contributed by atoms with Crippen LogP contribution < -0.4 is 0 Å². The SMILES string of the molecule is O=[N+]([O-])C(CCl)([N+](=O)[O-])[N+](=O)[O-]. The van der Waals surface area contributed by atoms with Gasteiger partial charge in [-0.15, -0.1) is 11.6 Å². The zero-order chi connectivity index (χ0) is 9.94. The second-order valence-electron chi connectivity index (χ2n) is 1.68. The molecule has 0 rings (SSSR count). The van der Waals surface area contributed by atoms with Crippen LogP contribution in [-0.4, -0.2) is 26.4 Å². The number of nitrogens with zero attached hydrogens (tertiary/aromatic N) is 3. The van der Waals surface area contributed by atoms with E-state index in [9.17, 15) is 30.3 Å². The highest BCUT2D eigenvalue weighted by Crippen LogP contribution is 2.13. The highest BCUT2D eigenvalue weighted by molar-refractivity contribution is 6.18. The van der Waals surface area contributed by atoms with E-state index in [0.29, 0.717) is 0 Å². The summed E-state index contributed by atoms with van der Waals surface area (Å²) in [7, 11) is 0. The molecule has 0 aliphatic rings. The van der Waals surface area contributed by atoms with Crippen LogP contribution in [0.5, 0.6) is 0 Å². The van der Waals surface area contributed by atoms with E-state index in [-0.39, 0.29) is 0 Å². The van der Waals surface area contributed by atoms with Gasteiger partial charge in [-0.3, -0.25) is 30.3 Å². The van der Waals surface area contributed by atoms with Crippen LogP contribution in [0.2, 0.25) is 0 Å². The lowest BCUT2D eigenvalue weighted by molar-refractivity contribution is -0.963. The van der Waals surface area contributed by atoms with Crippen LogP contribution >= 0.6 is 11.6 Å². The molecule has 0 radical (unpaired) electrons. The first-order valence-corrected chi connectivity index (χ1v) is 2.92. The van der Waals surface area contributed by atoms with Crippen molar-refractivity contribution in [2.45, 2.75) is 5.79 Å². The number of alkyl halides is 1. The molecule has 0 atom stereocenters. The molecule has 0 aromatic rings. The molecule has 0 aromatic heterocycles. The lowest BCUT2D eigenvalue weighted by atomic mass is 10.4. The van der Waals surface area contributed by atoms with Gasteiger partial charge in [-0.1, -0.05) is 0 Å². The maximum Gasteiger partial charge on any atom is 0.713 e. The van der Waals surface area contributed by atoms with Gasteiger partial charge < -0.3 is 0 Å². The van der Waals surface area contributed by atoms with Gasteiger partial charge in [-0.2, -0.15) is 0 Å². The molecule has 10 heteroatoms. The molecule has 0 fully saturated rings. The summed E-state index contributed by atoms with van der Waals surface area (Å²) in [5, 5.41) is 29.9. The van der Waals surface area contributed by atoms with Crippen LogP contribution in [-0.2, 0) is 0 Å². The van der Waals surface area contributed by atoms with Crippen LogP contribution in [0, 0.1) is 30.3 Å². The average molecular weight is 200 g/mol. The molecular formula is C2H2ClN3O6. The molecule has 9 nitrogen and oxygen atoms in total. The summed E-state index contributed by atoms with van der Waals surface area (Å²) in [5.41, 5.74) is 0. The molecule has 0 heterocycles. The van der Waals surface area contributed by atoms with Crippen molar-refractivity contribution >= 4 is 11.6 Å². The van der Waals surface area contributed by atoms with Crippen molar-refractivity contribution in [3.8, 4) is 0 Å². The van der Waals surface area contributed by atoms with Gasteiger partial charge in [0.2, 0.25) is 5.88 Å². The molecule has 0 N–H and O–H groups in total. The first-order chi connectivity index (χ1) is 5.39. The van der Waals surface area contributed by atoms with Gasteiger partial charge >= 0.3 is 5.79 Å². The van der Waals surface area contributed by atoms with Crippen LogP contribution in [0.15, 0.2) is 0 Å². The van der Waals surface area contributed by atoms with E-state index in [1.165, 1.54) is 0 Å². The van der Waals surface area contributed by atoms with Gasteiger partial charge in [-0.05, 0) is 0 Å². The summed E-state index contributed by atoms with van der Waals surface area (Å²) >= 11 is 4.78. The molecule has 0 saturated heterocycles. The van der Waals surface area contributed by atoms with Crippen molar-refractivity contribution in [1.82, 2.24) is 0 Å². The van der Waals surface area contributed by atoms with E-state index >= 15 is 0 Å². The Kier molecular flexibility index (Phi) is 2.85. The molecule has 12 heavy (non-hydrogen) atoms. The van der Waals surface area contributed by atoms with E-state index in [2.05, 4.69) is 0 Å². The van der Waals surface area contributed by atoms with Crippen molar-refractivity contribution in [2.75, 3.05) is 5.88 Å². The van der Waals surface area contributed by atoms with Crippen molar-refractivity contribution in [2.24, 2.45) is 0 Å². The standard InChI is InChI=1S/C2H2ClN3O6/c3-1-2(4(7)8,5(9)10)6(11)12/h1H2. The molecule has 0 amide bonds. The van der Waals surface area contributed by atoms with E-state index in [1.807, 2.05) is 0 Å². The normalized spacial score (nSPS) is 10.8. The molecule has 0 bridgehead atoms. The largest absolute Gasteiger partial charge is 0.713 e. The van der Waals surface area contributed by atoms with Gasteiger partial charge in [0.1, 0.15) is 0 Å². The Balaban J connectivity index is 5.19. The van der Waals surface area contributed by atoms with Gasteiger partial charge in [0.05, 0.1) is 0 Å². The Morgan fingerprint density at radius 1 is 1.00 bits per heavy atom. The van der Waals surface area contributed by atoms with Gasteiger partial charge in [0.25, 0.3) is 0 Å². The number of hydrogen-bond acceptors (Lipinski definition) is 6. The predicted molar refractivity (Wildman–Crippen MR) is 34.4 cm³/mol. The highest BCUT2D eigenvalue weighted by atomic mass is 35.5. The predicted octanol–water partition coefficient (Wildman–Crippen LogP) is -0.291. The summed E-state index contributed by atoms with van der Waals surface area (Å²) in [5.74, 6) is -4.85. The average Bonchev–Trinajstić information content (AvgIpc) is 1.86. The van der Waals surface area contributed by atoms with Gasteiger partial charge in [-0.25, -0.2) is 0 Å². The van der Waals surface area contributed by atoms with Crippen LogP contribution in [0.25, 0.3) is 0 Å². The Morgan fingerprint density at radius 3 is 1.25 bits per heavy atom. The first kappa shape index (κ1) is 10.5. The Morgan fingerprint density at radius 2 is 1.25 bits per heavy atom. The minimum atomic E-state index is -3.53. The summed E-state index contributed by atoms with van der Waals surface area (Å²) in [4.78, 5) is 25.0. The minimum Gasteiger partial charge on any atom is -0.253 e. The Bertz CT molecular complexity index is 203. The zero-order valence-corrected chi connectivity index (χ0v) is 6.13. The molecule has 0 aliphatic carbocycles. The molecular weight excluding hydrogens is 197 g/mol. The highest BCUT2D eigenvalue weighted by Gasteiger charge is 2.69. The third-order valence-corrected chi connectivity index (χ3v) is 1.42.